The predicted molar refractivity (Wildman–Crippen MR) is 73.7 cm³/mol. The van der Waals surface area contributed by atoms with E-state index in [1.165, 1.54) is 18.7 Å². The van der Waals surface area contributed by atoms with Gasteiger partial charge in [0.05, 0.1) is 23.1 Å². The number of hydrogen-bond donors (Lipinski definition) is 3. The molecule has 0 saturated carbocycles. The molecule has 1 heterocycles. The Hall–Kier alpha value is -0.630. The molecule has 1 aromatic rings. The van der Waals surface area contributed by atoms with Crippen LogP contribution in [0, 0.1) is 6.92 Å². The number of amides is 1. The molecule has 1 atom stereocenters. The van der Waals surface area contributed by atoms with E-state index in [2.05, 4.69) is 10.3 Å². The van der Waals surface area contributed by atoms with E-state index < -0.39 is 5.60 Å². The summed E-state index contributed by atoms with van der Waals surface area (Å²) in [5.74, 6) is 0.868. The van der Waals surface area contributed by atoms with E-state index in [0.29, 0.717) is 11.5 Å². The van der Waals surface area contributed by atoms with Crippen LogP contribution >= 0.6 is 23.1 Å². The highest BCUT2D eigenvalue weighted by atomic mass is 32.2. The Morgan fingerprint density at radius 2 is 2.39 bits per heavy atom. The quantitative estimate of drug-likeness (QED) is 0.683. The molecule has 18 heavy (non-hydrogen) atoms. The molecule has 0 saturated heterocycles. The number of aryl methyl sites for hydroxylation is 1. The number of rotatable bonds is 7. The van der Waals surface area contributed by atoms with Crippen molar-refractivity contribution in [3.8, 4) is 0 Å². The largest absolute Gasteiger partial charge is 0.393 e. The molecule has 1 amide bonds. The van der Waals surface area contributed by atoms with Crippen molar-refractivity contribution in [3.63, 3.8) is 0 Å². The highest BCUT2D eigenvalue weighted by molar-refractivity contribution is 7.99. The molecule has 0 aliphatic heterocycles. The normalized spacial score (nSPS) is 14.2. The second kappa shape index (κ2) is 7.08. The number of nitrogens with zero attached hydrogens (tertiary/aromatic N) is 1. The lowest BCUT2D eigenvalue weighted by Crippen LogP contribution is -2.43. The third-order valence-electron chi connectivity index (χ3n) is 2.16. The zero-order valence-electron chi connectivity index (χ0n) is 10.5. The molecule has 102 valence electrons. The fourth-order valence-electron chi connectivity index (χ4n) is 1.12. The van der Waals surface area contributed by atoms with E-state index in [-0.39, 0.29) is 19.1 Å². The summed E-state index contributed by atoms with van der Waals surface area (Å²) in [6, 6.07) is 0. The summed E-state index contributed by atoms with van der Waals surface area (Å²) in [5.41, 5.74) is -0.274. The molecular weight excluding hydrogens is 272 g/mol. The van der Waals surface area contributed by atoms with Crippen molar-refractivity contribution in [2.45, 2.75) is 25.2 Å². The Morgan fingerprint density at radius 1 is 1.67 bits per heavy atom. The number of aliphatic hydroxyl groups excluding tert-OH is 1. The lowest BCUT2D eigenvalue weighted by molar-refractivity contribution is -0.120. The van der Waals surface area contributed by atoms with Crippen LogP contribution in [-0.2, 0) is 10.5 Å². The van der Waals surface area contributed by atoms with E-state index in [1.807, 2.05) is 12.3 Å². The lowest BCUT2D eigenvalue weighted by Gasteiger charge is -2.20. The smallest absolute Gasteiger partial charge is 0.230 e. The van der Waals surface area contributed by atoms with Gasteiger partial charge in [-0.1, -0.05) is 0 Å². The van der Waals surface area contributed by atoms with Crippen molar-refractivity contribution in [1.82, 2.24) is 10.3 Å². The topological polar surface area (TPSA) is 82.5 Å². The van der Waals surface area contributed by atoms with Gasteiger partial charge in [-0.15, -0.1) is 23.1 Å². The minimum Gasteiger partial charge on any atom is -0.393 e. The van der Waals surface area contributed by atoms with Gasteiger partial charge in [0.15, 0.2) is 0 Å². The second-order valence-corrected chi connectivity index (χ2v) is 6.33. The molecule has 0 aliphatic rings. The van der Waals surface area contributed by atoms with Crippen LogP contribution in [0.5, 0.6) is 0 Å². The standard InChI is InChI=1S/C11H18N2O3S2/c1-8-13-9(4-18-8)3-17-5-10(15)12-6-11(2,16)7-14/h4,14,16H,3,5-7H2,1-2H3,(H,12,15). The lowest BCUT2D eigenvalue weighted by atomic mass is 10.1. The molecule has 1 aromatic heterocycles. The molecule has 0 bridgehead atoms. The minimum atomic E-state index is -1.26. The van der Waals surface area contributed by atoms with Gasteiger partial charge < -0.3 is 15.5 Å². The Balaban J connectivity index is 2.18. The van der Waals surface area contributed by atoms with Gasteiger partial charge in [-0.05, 0) is 13.8 Å². The number of thioether (sulfide) groups is 1. The van der Waals surface area contributed by atoms with Crippen LogP contribution < -0.4 is 5.32 Å². The van der Waals surface area contributed by atoms with E-state index in [1.54, 1.807) is 11.3 Å². The number of aliphatic hydroxyl groups is 2. The monoisotopic (exact) mass is 290 g/mol. The van der Waals surface area contributed by atoms with Gasteiger partial charge >= 0.3 is 0 Å². The second-order valence-electron chi connectivity index (χ2n) is 4.28. The van der Waals surface area contributed by atoms with Gasteiger partial charge in [0.25, 0.3) is 0 Å². The maximum Gasteiger partial charge on any atom is 0.230 e. The van der Waals surface area contributed by atoms with Crippen LogP contribution in [0.25, 0.3) is 0 Å². The van der Waals surface area contributed by atoms with E-state index in [0.717, 1.165) is 10.7 Å². The zero-order valence-corrected chi connectivity index (χ0v) is 12.1. The van der Waals surface area contributed by atoms with Crippen LogP contribution in [0.2, 0.25) is 0 Å². The third-order valence-corrected chi connectivity index (χ3v) is 3.95. The Labute approximate surface area is 115 Å². The maximum atomic E-state index is 11.5. The van der Waals surface area contributed by atoms with Gasteiger partial charge in [0.1, 0.15) is 5.60 Å². The molecule has 0 aromatic carbocycles. The Morgan fingerprint density at radius 3 is 2.94 bits per heavy atom. The first-order chi connectivity index (χ1) is 8.43. The molecule has 1 unspecified atom stereocenters. The summed E-state index contributed by atoms with van der Waals surface area (Å²) in [4.78, 5) is 15.8. The number of hydrogen-bond acceptors (Lipinski definition) is 6. The van der Waals surface area contributed by atoms with Crippen LogP contribution in [0.3, 0.4) is 0 Å². The highest BCUT2D eigenvalue weighted by Crippen LogP contribution is 2.14. The average Bonchev–Trinajstić information content (AvgIpc) is 2.73. The fourth-order valence-corrected chi connectivity index (χ4v) is 2.58. The Kier molecular flexibility index (Phi) is 6.07. The molecule has 0 spiro atoms. The first-order valence-corrected chi connectivity index (χ1v) is 7.55. The minimum absolute atomic E-state index is 0.0543. The average molecular weight is 290 g/mol. The summed E-state index contributed by atoms with van der Waals surface area (Å²) in [7, 11) is 0. The van der Waals surface area contributed by atoms with Crippen LogP contribution in [-0.4, -0.2) is 45.6 Å². The summed E-state index contributed by atoms with van der Waals surface area (Å²) < 4.78 is 0. The van der Waals surface area contributed by atoms with Crippen molar-refractivity contribution in [2.75, 3.05) is 18.9 Å². The fraction of sp³-hybridized carbons (Fsp3) is 0.636. The predicted octanol–water partition coefficient (Wildman–Crippen LogP) is 0.544. The molecule has 7 heteroatoms. The van der Waals surface area contributed by atoms with Crippen molar-refractivity contribution < 1.29 is 15.0 Å². The summed E-state index contributed by atoms with van der Waals surface area (Å²) in [6.07, 6.45) is 0. The van der Waals surface area contributed by atoms with Gasteiger partial charge in [0, 0.05) is 17.7 Å². The summed E-state index contributed by atoms with van der Waals surface area (Å²) in [6.45, 7) is 3.10. The highest BCUT2D eigenvalue weighted by Gasteiger charge is 2.19. The zero-order chi connectivity index (χ0) is 13.6. The van der Waals surface area contributed by atoms with Crippen LogP contribution in [0.1, 0.15) is 17.6 Å². The molecule has 0 fully saturated rings. The maximum absolute atomic E-state index is 11.5. The van der Waals surface area contributed by atoms with Gasteiger partial charge in [-0.3, -0.25) is 4.79 Å². The van der Waals surface area contributed by atoms with Gasteiger partial charge in [0.2, 0.25) is 5.91 Å². The Bertz CT molecular complexity index is 393. The molecule has 0 aliphatic carbocycles. The van der Waals surface area contributed by atoms with E-state index in [9.17, 15) is 9.90 Å². The number of carbonyl (C=O) groups is 1. The number of thiazole rings is 1. The number of aromatic nitrogens is 1. The first-order valence-electron chi connectivity index (χ1n) is 5.51. The van der Waals surface area contributed by atoms with Crippen molar-refractivity contribution >= 4 is 29.0 Å². The first kappa shape index (κ1) is 15.4. The van der Waals surface area contributed by atoms with Crippen molar-refractivity contribution in [3.05, 3.63) is 16.1 Å². The molecule has 3 N–H and O–H groups in total. The van der Waals surface area contributed by atoms with Crippen LogP contribution in [0.15, 0.2) is 5.38 Å². The van der Waals surface area contributed by atoms with Crippen LogP contribution in [0.4, 0.5) is 0 Å². The summed E-state index contributed by atoms with van der Waals surface area (Å²) >= 11 is 3.07. The molecule has 1 rings (SSSR count). The van der Waals surface area contributed by atoms with E-state index in [4.69, 9.17) is 5.11 Å². The number of nitrogens with one attached hydrogen (secondary N) is 1. The number of carbonyl (C=O) groups excluding carboxylic acids is 1. The van der Waals surface area contributed by atoms with Gasteiger partial charge in [-0.2, -0.15) is 0 Å². The van der Waals surface area contributed by atoms with Gasteiger partial charge in [-0.25, -0.2) is 4.98 Å². The van der Waals surface area contributed by atoms with Crippen molar-refractivity contribution in [2.24, 2.45) is 0 Å². The SMILES string of the molecule is Cc1nc(CSCC(=O)NCC(C)(O)CO)cs1. The molecular formula is C11H18N2O3S2. The van der Waals surface area contributed by atoms with Crippen molar-refractivity contribution in [1.29, 1.82) is 0 Å². The summed E-state index contributed by atoms with van der Waals surface area (Å²) in [5, 5.41) is 23.9. The molecule has 5 nitrogen and oxygen atoms in total. The van der Waals surface area contributed by atoms with E-state index >= 15 is 0 Å². The third kappa shape index (κ3) is 5.81. The molecule has 0 radical (unpaired) electrons.